The van der Waals surface area contributed by atoms with Crippen molar-refractivity contribution in [1.29, 1.82) is 0 Å². The van der Waals surface area contributed by atoms with Crippen molar-refractivity contribution in [2.45, 2.75) is 50.0 Å². The lowest BCUT2D eigenvalue weighted by Crippen LogP contribution is -2.54. The number of hydrogen-bond acceptors (Lipinski definition) is 3. The average molecular weight is 465 g/mol. The van der Waals surface area contributed by atoms with Crippen molar-refractivity contribution < 1.29 is 18.7 Å². The normalized spacial score (nSPS) is 23.9. The Bertz CT molecular complexity index is 1040. The van der Waals surface area contributed by atoms with Gasteiger partial charge in [-0.05, 0) is 61.8 Å². The summed E-state index contributed by atoms with van der Waals surface area (Å²) in [7, 11) is 1.92. The molecule has 1 atom stereocenters. The van der Waals surface area contributed by atoms with Gasteiger partial charge in [-0.2, -0.15) is 0 Å². The molecule has 5 rings (SSSR count). The number of piperidine rings is 1. The maximum Gasteiger partial charge on any atom is 0.233 e. The molecule has 0 unspecified atom stereocenters. The summed E-state index contributed by atoms with van der Waals surface area (Å²) in [6.07, 6.45) is 4.17. The van der Waals surface area contributed by atoms with Crippen molar-refractivity contribution in [2.75, 3.05) is 33.4 Å². The Morgan fingerprint density at radius 3 is 2.41 bits per heavy atom. The zero-order chi connectivity index (χ0) is 23.8. The van der Waals surface area contributed by atoms with E-state index in [2.05, 4.69) is 12.1 Å². The van der Waals surface area contributed by atoms with E-state index in [9.17, 15) is 14.0 Å². The van der Waals surface area contributed by atoms with E-state index in [-0.39, 0.29) is 29.1 Å². The number of likely N-dealkylation sites (tertiary alicyclic amines) is 2. The minimum absolute atomic E-state index is 0.0517. The van der Waals surface area contributed by atoms with Gasteiger partial charge in [-0.3, -0.25) is 9.59 Å². The van der Waals surface area contributed by atoms with Crippen LogP contribution in [0.1, 0.15) is 43.2 Å². The highest BCUT2D eigenvalue weighted by atomic mass is 19.1. The Morgan fingerprint density at radius 1 is 1.03 bits per heavy atom. The number of benzene rings is 2. The molecule has 0 saturated carbocycles. The second-order valence-electron chi connectivity index (χ2n) is 10.2. The molecule has 3 fully saturated rings. The first-order chi connectivity index (χ1) is 16.4. The van der Waals surface area contributed by atoms with Crippen molar-refractivity contribution in [2.24, 2.45) is 5.41 Å². The molecule has 0 aliphatic carbocycles. The average Bonchev–Trinajstić information content (AvgIpc) is 3.09. The second kappa shape index (κ2) is 9.14. The summed E-state index contributed by atoms with van der Waals surface area (Å²) in [6, 6.07) is 17.0. The van der Waals surface area contributed by atoms with Gasteiger partial charge in [0.25, 0.3) is 0 Å². The minimum Gasteiger partial charge on any atom is -0.381 e. The van der Waals surface area contributed by atoms with E-state index in [4.69, 9.17) is 4.74 Å². The summed E-state index contributed by atoms with van der Waals surface area (Å²) in [5.74, 6) is -0.0554. The minimum atomic E-state index is -0.753. The molecule has 1 spiro atoms. The molecule has 6 heteroatoms. The van der Waals surface area contributed by atoms with Crippen LogP contribution in [0, 0.1) is 11.2 Å². The van der Waals surface area contributed by atoms with Gasteiger partial charge in [0.2, 0.25) is 11.8 Å². The molecule has 3 aliphatic heterocycles. The molecule has 0 bridgehead atoms. The van der Waals surface area contributed by atoms with Crippen molar-refractivity contribution in [3.05, 3.63) is 71.5 Å². The lowest BCUT2D eigenvalue weighted by atomic mass is 9.71. The standard InChI is InChI=1S/C28H33FN2O3/c1-30-24(18-21-6-3-2-4-7-21)20-27(25(30)32)10-14-31(15-11-27)26(33)28(12-16-34-17-13-28)22-8-5-9-23(29)19-22/h2-9,19,24H,10-18,20H2,1H3/t24-/m1/s1. The summed E-state index contributed by atoms with van der Waals surface area (Å²) in [6.45, 7) is 2.11. The molecule has 0 aromatic heterocycles. The largest absolute Gasteiger partial charge is 0.381 e. The van der Waals surface area contributed by atoms with Crippen molar-refractivity contribution in [1.82, 2.24) is 9.80 Å². The van der Waals surface area contributed by atoms with E-state index in [0.29, 0.717) is 52.0 Å². The molecule has 5 nitrogen and oxygen atoms in total. The zero-order valence-electron chi connectivity index (χ0n) is 19.8. The summed E-state index contributed by atoms with van der Waals surface area (Å²) in [4.78, 5) is 31.1. The first-order valence-electron chi connectivity index (χ1n) is 12.4. The third kappa shape index (κ3) is 4.02. The van der Waals surface area contributed by atoms with E-state index in [1.54, 1.807) is 6.07 Å². The van der Waals surface area contributed by atoms with Crippen LogP contribution in [-0.2, 0) is 26.2 Å². The van der Waals surface area contributed by atoms with E-state index < -0.39 is 5.41 Å². The Labute approximate surface area is 200 Å². The van der Waals surface area contributed by atoms with Gasteiger partial charge in [0.1, 0.15) is 5.82 Å². The Kier molecular flexibility index (Phi) is 6.19. The van der Waals surface area contributed by atoms with Crippen LogP contribution in [0.3, 0.4) is 0 Å². The fourth-order valence-corrected chi connectivity index (χ4v) is 6.30. The molecule has 0 N–H and O–H groups in total. The van der Waals surface area contributed by atoms with Crippen LogP contribution in [0.15, 0.2) is 54.6 Å². The number of hydrogen-bond donors (Lipinski definition) is 0. The van der Waals surface area contributed by atoms with Gasteiger partial charge in [0, 0.05) is 39.4 Å². The predicted octanol–water partition coefficient (Wildman–Crippen LogP) is 3.96. The van der Waals surface area contributed by atoms with E-state index in [1.807, 2.05) is 41.1 Å². The molecule has 0 radical (unpaired) electrons. The summed E-state index contributed by atoms with van der Waals surface area (Å²) in [5, 5.41) is 0. The topological polar surface area (TPSA) is 49.9 Å². The first-order valence-corrected chi connectivity index (χ1v) is 12.4. The number of nitrogens with zero attached hydrogens (tertiary/aromatic N) is 2. The van der Waals surface area contributed by atoms with Crippen molar-refractivity contribution in [3.63, 3.8) is 0 Å². The molecule has 2 aromatic rings. The fraction of sp³-hybridized carbons (Fsp3) is 0.500. The van der Waals surface area contributed by atoms with Gasteiger partial charge < -0.3 is 14.5 Å². The van der Waals surface area contributed by atoms with Gasteiger partial charge in [0.15, 0.2) is 0 Å². The number of halogens is 1. The third-order valence-corrected chi connectivity index (χ3v) is 8.40. The van der Waals surface area contributed by atoms with Crippen molar-refractivity contribution >= 4 is 11.8 Å². The Hall–Kier alpha value is -2.73. The maximum atomic E-state index is 14.1. The first kappa shape index (κ1) is 23.0. The highest BCUT2D eigenvalue weighted by molar-refractivity contribution is 5.89. The molecule has 180 valence electrons. The van der Waals surface area contributed by atoms with Crippen LogP contribution in [0.4, 0.5) is 4.39 Å². The fourth-order valence-electron chi connectivity index (χ4n) is 6.30. The van der Waals surface area contributed by atoms with Gasteiger partial charge in [-0.1, -0.05) is 42.5 Å². The van der Waals surface area contributed by atoms with Crippen LogP contribution in [-0.4, -0.2) is 61.0 Å². The van der Waals surface area contributed by atoms with E-state index in [1.165, 1.54) is 17.7 Å². The number of ether oxygens (including phenoxy) is 1. The summed E-state index contributed by atoms with van der Waals surface area (Å²) in [5.41, 5.74) is 0.846. The highest BCUT2D eigenvalue weighted by Gasteiger charge is 2.53. The number of likely N-dealkylation sites (N-methyl/N-ethyl adjacent to an activating group) is 1. The van der Waals surface area contributed by atoms with Crippen LogP contribution < -0.4 is 0 Å². The van der Waals surface area contributed by atoms with Gasteiger partial charge >= 0.3 is 0 Å². The van der Waals surface area contributed by atoms with Gasteiger partial charge in [-0.25, -0.2) is 4.39 Å². The summed E-state index contributed by atoms with van der Waals surface area (Å²) >= 11 is 0. The lowest BCUT2D eigenvalue weighted by Gasteiger charge is -2.44. The Balaban J connectivity index is 1.31. The molecule has 34 heavy (non-hydrogen) atoms. The van der Waals surface area contributed by atoms with E-state index in [0.717, 1.165) is 18.4 Å². The van der Waals surface area contributed by atoms with Crippen LogP contribution in [0.5, 0.6) is 0 Å². The highest BCUT2D eigenvalue weighted by Crippen LogP contribution is 2.46. The third-order valence-electron chi connectivity index (χ3n) is 8.40. The smallest absolute Gasteiger partial charge is 0.233 e. The molecule has 2 aromatic carbocycles. The molecule has 3 heterocycles. The molecular weight excluding hydrogens is 431 g/mol. The van der Waals surface area contributed by atoms with Crippen LogP contribution in [0.2, 0.25) is 0 Å². The quantitative estimate of drug-likeness (QED) is 0.688. The molecular formula is C28H33FN2O3. The monoisotopic (exact) mass is 464 g/mol. The second-order valence-corrected chi connectivity index (χ2v) is 10.2. The molecule has 3 aliphatic rings. The van der Waals surface area contributed by atoms with Gasteiger partial charge in [0.05, 0.1) is 10.8 Å². The number of carbonyl (C=O) groups is 2. The number of amides is 2. The van der Waals surface area contributed by atoms with Crippen LogP contribution >= 0.6 is 0 Å². The lowest BCUT2D eigenvalue weighted by molar-refractivity contribution is -0.147. The summed E-state index contributed by atoms with van der Waals surface area (Å²) < 4.78 is 19.6. The van der Waals surface area contributed by atoms with E-state index >= 15 is 0 Å². The van der Waals surface area contributed by atoms with Gasteiger partial charge in [-0.15, -0.1) is 0 Å². The maximum absolute atomic E-state index is 14.1. The van der Waals surface area contributed by atoms with Crippen molar-refractivity contribution in [3.8, 4) is 0 Å². The molecule has 2 amide bonds. The number of rotatable bonds is 4. The predicted molar refractivity (Wildman–Crippen MR) is 128 cm³/mol. The molecule has 3 saturated heterocycles. The van der Waals surface area contributed by atoms with Crippen LogP contribution in [0.25, 0.3) is 0 Å². The zero-order valence-corrected chi connectivity index (χ0v) is 19.8. The Morgan fingerprint density at radius 2 is 1.74 bits per heavy atom. The number of carbonyl (C=O) groups excluding carboxylic acids is 2. The SMILES string of the molecule is CN1C(=O)C2(CCN(C(=O)C3(c4cccc(F)c4)CCOCC3)CC2)C[C@H]1Cc1ccccc1.